The summed E-state index contributed by atoms with van der Waals surface area (Å²) in [5.74, 6) is -0.135. The molecule has 3 aromatic carbocycles. The zero-order chi connectivity index (χ0) is 25.2. The fourth-order valence-corrected chi connectivity index (χ4v) is 4.89. The average molecular weight is 487 g/mol. The number of hydrogen-bond acceptors (Lipinski definition) is 6. The van der Waals surface area contributed by atoms with Gasteiger partial charge in [0, 0.05) is 0 Å². The van der Waals surface area contributed by atoms with E-state index in [1.165, 1.54) is 4.90 Å². The summed E-state index contributed by atoms with van der Waals surface area (Å²) in [6, 6.07) is 22.2. The number of para-hydroxylation sites is 1. The Bertz CT molecular complexity index is 1240. The molecule has 0 radical (unpaired) electrons. The van der Waals surface area contributed by atoms with Crippen LogP contribution in [0, 0.1) is 5.92 Å². The Labute approximate surface area is 211 Å². The van der Waals surface area contributed by atoms with Gasteiger partial charge in [0.2, 0.25) is 5.91 Å². The predicted octanol–water partition coefficient (Wildman–Crippen LogP) is 5.10. The quantitative estimate of drug-likeness (QED) is 0.413. The number of anilines is 2. The lowest BCUT2D eigenvalue weighted by Gasteiger charge is -2.29. The van der Waals surface area contributed by atoms with Crippen LogP contribution in [-0.4, -0.2) is 31.6 Å². The molecule has 0 bridgehead atoms. The minimum absolute atomic E-state index is 0.275. The van der Waals surface area contributed by atoms with Crippen LogP contribution < -0.4 is 19.4 Å². The molecule has 7 heteroatoms. The molecule has 0 unspecified atom stereocenters. The van der Waals surface area contributed by atoms with E-state index in [1.807, 2.05) is 79.7 Å². The summed E-state index contributed by atoms with van der Waals surface area (Å²) in [6.07, 6.45) is 0.832. The van der Waals surface area contributed by atoms with Crippen molar-refractivity contribution in [2.75, 3.05) is 23.7 Å². The van der Waals surface area contributed by atoms with Crippen molar-refractivity contribution in [1.82, 2.24) is 0 Å². The number of carbonyl (C=O) groups excluding carboxylic acids is 2. The van der Waals surface area contributed by atoms with Gasteiger partial charge in [0.25, 0.3) is 5.91 Å². The molecule has 2 heterocycles. The lowest BCUT2D eigenvalue weighted by Crippen LogP contribution is -2.37. The number of fused-ring (bicyclic) bond motifs is 1. The molecular formula is C29H30N2O5. The van der Waals surface area contributed by atoms with Crippen LogP contribution in [0.2, 0.25) is 0 Å². The zero-order valence-corrected chi connectivity index (χ0v) is 20.7. The van der Waals surface area contributed by atoms with Crippen molar-refractivity contribution in [3.05, 3.63) is 83.9 Å². The fourth-order valence-electron chi connectivity index (χ4n) is 4.89. The standard InChI is InChI=1S/C29H30N2O5/c1-4-17-35-23-16-13-20(18-24(23)34-3)26-25-27(36-31(26)22-9-7-6-8-10-22)29(33)30(28(25)32)21-14-11-19(5-2)12-15-21/h6-16,18,25-27H,4-5,17H2,1-3H3/t25-,26-,27+/m1/s1. The highest BCUT2D eigenvalue weighted by Gasteiger charge is 2.60. The lowest BCUT2D eigenvalue weighted by molar-refractivity contribution is -0.126. The first-order valence-corrected chi connectivity index (χ1v) is 12.4. The largest absolute Gasteiger partial charge is 0.493 e. The number of imide groups is 1. The molecular weight excluding hydrogens is 456 g/mol. The topological polar surface area (TPSA) is 68.3 Å². The molecule has 0 aromatic heterocycles. The van der Waals surface area contributed by atoms with E-state index >= 15 is 0 Å². The second-order valence-corrected chi connectivity index (χ2v) is 8.95. The van der Waals surface area contributed by atoms with Crippen molar-refractivity contribution in [3.63, 3.8) is 0 Å². The number of benzene rings is 3. The summed E-state index contributed by atoms with van der Waals surface area (Å²) in [6.45, 7) is 4.68. The molecule has 186 valence electrons. The predicted molar refractivity (Wildman–Crippen MR) is 137 cm³/mol. The van der Waals surface area contributed by atoms with Crippen molar-refractivity contribution >= 4 is 23.2 Å². The van der Waals surface area contributed by atoms with Gasteiger partial charge in [-0.3, -0.25) is 14.4 Å². The summed E-state index contributed by atoms with van der Waals surface area (Å²) in [4.78, 5) is 34.8. The maximum atomic E-state index is 13.8. The Kier molecular flexibility index (Phi) is 6.65. The Hall–Kier alpha value is -3.84. The highest BCUT2D eigenvalue weighted by Crippen LogP contribution is 2.48. The number of methoxy groups -OCH3 is 1. The highest BCUT2D eigenvalue weighted by atomic mass is 16.7. The molecule has 2 saturated heterocycles. The summed E-state index contributed by atoms with van der Waals surface area (Å²) in [7, 11) is 1.59. The molecule has 0 saturated carbocycles. The molecule has 7 nitrogen and oxygen atoms in total. The third-order valence-corrected chi connectivity index (χ3v) is 6.72. The number of amides is 2. The van der Waals surface area contributed by atoms with Crippen molar-refractivity contribution in [2.45, 2.75) is 38.8 Å². The first-order valence-electron chi connectivity index (χ1n) is 12.4. The van der Waals surface area contributed by atoms with Gasteiger partial charge in [-0.05, 0) is 60.4 Å². The molecule has 2 aliphatic rings. The average Bonchev–Trinajstić information content (AvgIpc) is 3.43. The molecule has 36 heavy (non-hydrogen) atoms. The number of ether oxygens (including phenoxy) is 2. The van der Waals surface area contributed by atoms with Gasteiger partial charge in [-0.15, -0.1) is 0 Å². The van der Waals surface area contributed by atoms with E-state index in [9.17, 15) is 9.59 Å². The van der Waals surface area contributed by atoms with Crippen LogP contribution in [0.25, 0.3) is 0 Å². The van der Waals surface area contributed by atoms with Crippen LogP contribution in [0.5, 0.6) is 11.5 Å². The van der Waals surface area contributed by atoms with E-state index < -0.39 is 18.1 Å². The van der Waals surface area contributed by atoms with Crippen LogP contribution in [0.4, 0.5) is 11.4 Å². The first kappa shape index (κ1) is 23.9. The number of hydroxylamine groups is 1. The van der Waals surface area contributed by atoms with E-state index in [0.717, 1.165) is 29.7 Å². The third kappa shape index (κ3) is 4.09. The monoisotopic (exact) mass is 486 g/mol. The first-order chi connectivity index (χ1) is 17.6. The minimum Gasteiger partial charge on any atom is -0.493 e. The Morgan fingerprint density at radius 2 is 1.61 bits per heavy atom. The van der Waals surface area contributed by atoms with Gasteiger partial charge in [-0.1, -0.05) is 50.2 Å². The van der Waals surface area contributed by atoms with E-state index in [0.29, 0.717) is 23.8 Å². The van der Waals surface area contributed by atoms with Gasteiger partial charge in [0.05, 0.1) is 31.1 Å². The van der Waals surface area contributed by atoms with Crippen LogP contribution >= 0.6 is 0 Å². The molecule has 0 N–H and O–H groups in total. The molecule has 2 fully saturated rings. The fraction of sp³-hybridized carbons (Fsp3) is 0.310. The molecule has 2 amide bonds. The lowest BCUT2D eigenvalue weighted by atomic mass is 9.90. The van der Waals surface area contributed by atoms with E-state index in [4.69, 9.17) is 14.3 Å². The number of carbonyl (C=O) groups is 2. The summed E-state index contributed by atoms with van der Waals surface area (Å²) < 4.78 is 11.4. The van der Waals surface area contributed by atoms with Gasteiger partial charge in [-0.2, -0.15) is 0 Å². The highest BCUT2D eigenvalue weighted by molar-refractivity contribution is 6.23. The second kappa shape index (κ2) is 10.0. The van der Waals surface area contributed by atoms with Crippen LogP contribution in [0.15, 0.2) is 72.8 Å². The Morgan fingerprint density at radius 1 is 0.861 bits per heavy atom. The van der Waals surface area contributed by atoms with Gasteiger partial charge in [-0.25, -0.2) is 9.96 Å². The minimum atomic E-state index is -0.921. The third-order valence-electron chi connectivity index (χ3n) is 6.72. The van der Waals surface area contributed by atoms with Crippen LogP contribution in [-0.2, 0) is 20.8 Å². The molecule has 3 aromatic rings. The Balaban J connectivity index is 1.55. The van der Waals surface area contributed by atoms with Gasteiger partial charge in [0.1, 0.15) is 5.92 Å². The van der Waals surface area contributed by atoms with Crippen LogP contribution in [0.1, 0.15) is 37.4 Å². The molecule has 5 rings (SSSR count). The molecule has 2 aliphatic heterocycles. The van der Waals surface area contributed by atoms with Crippen molar-refractivity contribution in [2.24, 2.45) is 5.92 Å². The number of rotatable bonds is 8. The number of nitrogens with zero attached hydrogens (tertiary/aromatic N) is 2. The second-order valence-electron chi connectivity index (χ2n) is 8.95. The number of aryl methyl sites for hydroxylation is 1. The van der Waals surface area contributed by atoms with Crippen molar-refractivity contribution in [3.8, 4) is 11.5 Å². The summed E-state index contributed by atoms with van der Waals surface area (Å²) in [5, 5.41) is 1.68. The van der Waals surface area contributed by atoms with E-state index in [2.05, 4.69) is 6.92 Å². The summed E-state index contributed by atoms with van der Waals surface area (Å²) >= 11 is 0. The van der Waals surface area contributed by atoms with Gasteiger partial charge >= 0.3 is 0 Å². The van der Waals surface area contributed by atoms with Gasteiger partial charge in [0.15, 0.2) is 17.6 Å². The molecule has 0 spiro atoms. The maximum absolute atomic E-state index is 13.8. The van der Waals surface area contributed by atoms with E-state index in [-0.39, 0.29) is 11.8 Å². The van der Waals surface area contributed by atoms with Crippen LogP contribution in [0.3, 0.4) is 0 Å². The smallest absolute Gasteiger partial charge is 0.266 e. The van der Waals surface area contributed by atoms with E-state index in [1.54, 1.807) is 12.2 Å². The van der Waals surface area contributed by atoms with Crippen molar-refractivity contribution in [1.29, 1.82) is 0 Å². The van der Waals surface area contributed by atoms with Crippen molar-refractivity contribution < 1.29 is 23.9 Å². The summed E-state index contributed by atoms with van der Waals surface area (Å²) in [5.41, 5.74) is 3.27. The molecule has 0 aliphatic carbocycles. The zero-order valence-electron chi connectivity index (χ0n) is 20.7. The molecule has 3 atom stereocenters. The normalized spacial score (nSPS) is 21.1. The van der Waals surface area contributed by atoms with Gasteiger partial charge < -0.3 is 9.47 Å². The number of hydrogen-bond donors (Lipinski definition) is 0. The Morgan fingerprint density at radius 3 is 2.28 bits per heavy atom. The SMILES string of the molecule is CCCOc1ccc([C@@H]2[C@H]3C(=O)N(c4ccc(CC)cc4)C(=O)[C@H]3ON2c2ccccc2)cc1OC. The maximum Gasteiger partial charge on any atom is 0.266 e.